The van der Waals surface area contributed by atoms with E-state index in [0.717, 1.165) is 6.07 Å². The molecule has 0 aliphatic carbocycles. The van der Waals surface area contributed by atoms with Gasteiger partial charge >= 0.3 is 5.97 Å². The standard InChI is InChI=1S/C12H16BrNO4S/c1-4-8(3)14-19(17,18)10-6-9(12(15)16)5-7(2)11(10)13/h5-6,8,14H,4H2,1-3H3,(H,15,16). The van der Waals surface area contributed by atoms with E-state index >= 15 is 0 Å². The van der Waals surface area contributed by atoms with Gasteiger partial charge < -0.3 is 5.11 Å². The average Bonchev–Trinajstić information content (AvgIpc) is 2.31. The molecule has 0 saturated heterocycles. The molecule has 0 spiro atoms. The highest BCUT2D eigenvalue weighted by molar-refractivity contribution is 9.10. The molecule has 1 aromatic rings. The normalized spacial score (nSPS) is 13.3. The monoisotopic (exact) mass is 349 g/mol. The van der Waals surface area contributed by atoms with Crippen LogP contribution < -0.4 is 4.72 Å². The zero-order valence-corrected chi connectivity index (χ0v) is 13.3. The molecule has 0 aromatic heterocycles. The third-order valence-electron chi connectivity index (χ3n) is 2.73. The summed E-state index contributed by atoms with van der Waals surface area (Å²) in [6, 6.07) is 2.37. The first kappa shape index (κ1) is 16.1. The summed E-state index contributed by atoms with van der Waals surface area (Å²) in [6.07, 6.45) is 0.647. The van der Waals surface area contributed by atoms with Crippen molar-refractivity contribution in [1.29, 1.82) is 0 Å². The number of rotatable bonds is 5. The Labute approximate surface area is 121 Å². The van der Waals surface area contributed by atoms with Gasteiger partial charge in [0.1, 0.15) is 0 Å². The van der Waals surface area contributed by atoms with E-state index in [0.29, 0.717) is 16.5 Å². The molecule has 106 valence electrons. The fraction of sp³-hybridized carbons (Fsp3) is 0.417. The van der Waals surface area contributed by atoms with Crippen LogP contribution in [0.2, 0.25) is 0 Å². The number of sulfonamides is 1. The highest BCUT2D eigenvalue weighted by atomic mass is 79.9. The molecule has 1 rings (SSSR count). The van der Waals surface area contributed by atoms with Crippen molar-refractivity contribution in [2.75, 3.05) is 0 Å². The van der Waals surface area contributed by atoms with Gasteiger partial charge in [-0.05, 0) is 53.9 Å². The van der Waals surface area contributed by atoms with Crippen LogP contribution in [0.15, 0.2) is 21.5 Å². The zero-order chi connectivity index (χ0) is 14.8. The van der Waals surface area contributed by atoms with Crippen molar-refractivity contribution in [2.24, 2.45) is 0 Å². The molecule has 0 heterocycles. The van der Waals surface area contributed by atoms with Crippen LogP contribution in [0.3, 0.4) is 0 Å². The van der Waals surface area contributed by atoms with E-state index < -0.39 is 16.0 Å². The molecule has 0 amide bonds. The minimum Gasteiger partial charge on any atom is -0.478 e. The maximum atomic E-state index is 12.2. The number of halogens is 1. The molecule has 0 fully saturated rings. The number of hydrogen-bond acceptors (Lipinski definition) is 3. The fourth-order valence-corrected chi connectivity index (χ4v) is 3.84. The summed E-state index contributed by atoms with van der Waals surface area (Å²) >= 11 is 3.20. The topological polar surface area (TPSA) is 83.5 Å². The summed E-state index contributed by atoms with van der Waals surface area (Å²) in [5.41, 5.74) is 0.509. The van der Waals surface area contributed by atoms with Crippen LogP contribution in [0.25, 0.3) is 0 Å². The molecular weight excluding hydrogens is 334 g/mol. The smallest absolute Gasteiger partial charge is 0.335 e. The molecule has 1 atom stereocenters. The maximum absolute atomic E-state index is 12.2. The lowest BCUT2D eigenvalue weighted by Gasteiger charge is -2.14. The van der Waals surface area contributed by atoms with Crippen LogP contribution in [0, 0.1) is 6.92 Å². The third-order valence-corrected chi connectivity index (χ3v) is 5.66. The van der Waals surface area contributed by atoms with Gasteiger partial charge in [0, 0.05) is 10.5 Å². The summed E-state index contributed by atoms with van der Waals surface area (Å²) in [5, 5.41) is 8.99. The average molecular weight is 350 g/mol. The lowest BCUT2D eigenvalue weighted by molar-refractivity contribution is 0.0696. The van der Waals surface area contributed by atoms with Crippen molar-refractivity contribution >= 4 is 31.9 Å². The van der Waals surface area contributed by atoms with E-state index in [-0.39, 0.29) is 16.5 Å². The number of carbonyl (C=O) groups is 1. The van der Waals surface area contributed by atoms with Crippen molar-refractivity contribution in [2.45, 2.75) is 38.1 Å². The molecular formula is C12H16BrNO4S. The van der Waals surface area contributed by atoms with Gasteiger partial charge in [-0.15, -0.1) is 0 Å². The summed E-state index contributed by atoms with van der Waals surface area (Å²) in [4.78, 5) is 10.9. The molecule has 5 nitrogen and oxygen atoms in total. The Bertz CT molecular complexity index is 598. The Hall–Kier alpha value is -0.920. The summed E-state index contributed by atoms with van der Waals surface area (Å²) < 4.78 is 27.3. The number of nitrogens with one attached hydrogen (secondary N) is 1. The van der Waals surface area contributed by atoms with Gasteiger partial charge in [0.25, 0.3) is 0 Å². The van der Waals surface area contributed by atoms with Crippen LogP contribution in [0.5, 0.6) is 0 Å². The predicted octanol–water partition coefficient (Wildman–Crippen LogP) is 2.53. The van der Waals surface area contributed by atoms with Gasteiger partial charge in [0.05, 0.1) is 10.5 Å². The predicted molar refractivity (Wildman–Crippen MR) is 75.9 cm³/mol. The van der Waals surface area contributed by atoms with Gasteiger partial charge in [0.2, 0.25) is 10.0 Å². The number of carboxylic acids is 1. The molecule has 0 saturated carbocycles. The van der Waals surface area contributed by atoms with E-state index in [9.17, 15) is 13.2 Å². The molecule has 0 bridgehead atoms. The molecule has 1 aromatic carbocycles. The number of hydrogen-bond donors (Lipinski definition) is 2. The van der Waals surface area contributed by atoms with Gasteiger partial charge in [-0.25, -0.2) is 17.9 Å². The minimum absolute atomic E-state index is 0.0507. The quantitative estimate of drug-likeness (QED) is 0.855. The van der Waals surface area contributed by atoms with Crippen LogP contribution in [-0.4, -0.2) is 25.5 Å². The number of benzene rings is 1. The first-order valence-electron chi connectivity index (χ1n) is 5.74. The van der Waals surface area contributed by atoms with Crippen molar-refractivity contribution < 1.29 is 18.3 Å². The summed E-state index contributed by atoms with van der Waals surface area (Å²) in [5.74, 6) is -1.16. The SMILES string of the molecule is CCC(C)NS(=O)(=O)c1cc(C(=O)O)cc(C)c1Br. The second-order valence-corrected chi connectivity index (χ2v) is 6.82. The van der Waals surface area contributed by atoms with E-state index in [2.05, 4.69) is 20.7 Å². The lowest BCUT2D eigenvalue weighted by atomic mass is 10.1. The van der Waals surface area contributed by atoms with Gasteiger partial charge in [-0.2, -0.15) is 0 Å². The van der Waals surface area contributed by atoms with Gasteiger partial charge in [-0.3, -0.25) is 0 Å². The number of aromatic carboxylic acids is 1. The molecule has 19 heavy (non-hydrogen) atoms. The van der Waals surface area contributed by atoms with Crippen molar-refractivity contribution in [3.63, 3.8) is 0 Å². The van der Waals surface area contributed by atoms with Crippen LogP contribution in [0.1, 0.15) is 36.2 Å². The molecule has 1 unspecified atom stereocenters. The van der Waals surface area contributed by atoms with Gasteiger partial charge in [0.15, 0.2) is 0 Å². The van der Waals surface area contributed by atoms with E-state index in [1.165, 1.54) is 6.07 Å². The van der Waals surface area contributed by atoms with E-state index in [4.69, 9.17) is 5.11 Å². The summed E-state index contributed by atoms with van der Waals surface area (Å²) in [6.45, 7) is 5.26. The first-order valence-corrected chi connectivity index (χ1v) is 8.02. The van der Waals surface area contributed by atoms with Crippen LogP contribution in [0.4, 0.5) is 0 Å². The van der Waals surface area contributed by atoms with Crippen molar-refractivity contribution in [3.8, 4) is 0 Å². The Morgan fingerprint density at radius 3 is 2.53 bits per heavy atom. The van der Waals surface area contributed by atoms with Gasteiger partial charge in [-0.1, -0.05) is 6.92 Å². The second-order valence-electron chi connectivity index (χ2n) is 4.34. The Balaban J connectivity index is 3.37. The third kappa shape index (κ3) is 3.77. The van der Waals surface area contributed by atoms with Crippen molar-refractivity contribution in [1.82, 2.24) is 4.72 Å². The summed E-state index contributed by atoms with van der Waals surface area (Å²) in [7, 11) is -3.74. The van der Waals surface area contributed by atoms with E-state index in [1.54, 1.807) is 13.8 Å². The van der Waals surface area contributed by atoms with Crippen LogP contribution in [-0.2, 0) is 10.0 Å². The van der Waals surface area contributed by atoms with Crippen LogP contribution >= 0.6 is 15.9 Å². The molecule has 7 heteroatoms. The largest absolute Gasteiger partial charge is 0.478 e. The Kier molecular flexibility index (Phi) is 5.11. The van der Waals surface area contributed by atoms with E-state index in [1.807, 2.05) is 6.92 Å². The highest BCUT2D eigenvalue weighted by Gasteiger charge is 2.22. The number of carboxylic acid groups (broad SMARTS) is 1. The Morgan fingerprint density at radius 1 is 1.47 bits per heavy atom. The fourth-order valence-electron chi connectivity index (χ4n) is 1.47. The molecule has 0 aliphatic rings. The molecule has 2 N–H and O–H groups in total. The highest BCUT2D eigenvalue weighted by Crippen LogP contribution is 2.27. The first-order chi connectivity index (χ1) is 8.69. The lowest BCUT2D eigenvalue weighted by Crippen LogP contribution is -2.32. The number of aryl methyl sites for hydroxylation is 1. The molecule has 0 aliphatic heterocycles. The Morgan fingerprint density at radius 2 is 2.05 bits per heavy atom. The maximum Gasteiger partial charge on any atom is 0.335 e. The minimum atomic E-state index is -3.74. The molecule has 0 radical (unpaired) electrons. The second kappa shape index (κ2) is 6.02. The zero-order valence-electron chi connectivity index (χ0n) is 10.9. The van der Waals surface area contributed by atoms with Crippen molar-refractivity contribution in [3.05, 3.63) is 27.7 Å².